The van der Waals surface area contributed by atoms with Crippen molar-refractivity contribution in [2.24, 2.45) is 0 Å². The molecular formula is C18H46O4SiTi. The Labute approximate surface area is 168 Å². The summed E-state index contributed by atoms with van der Waals surface area (Å²) < 4.78 is 0. The molecule has 0 saturated heterocycles. The zero-order valence-corrected chi connectivity index (χ0v) is 19.8. The van der Waals surface area contributed by atoms with Gasteiger partial charge >= 0.3 is 0 Å². The van der Waals surface area contributed by atoms with Gasteiger partial charge in [-0.05, 0) is 38.9 Å². The van der Waals surface area contributed by atoms with E-state index >= 15 is 0 Å². The number of unbranched alkanes of at least 4 members (excludes halogenated alkanes) is 3. The van der Waals surface area contributed by atoms with Crippen LogP contribution in [0.25, 0.3) is 0 Å². The van der Waals surface area contributed by atoms with Gasteiger partial charge in [0, 0.05) is 41.5 Å². The SMILES string of the molecule is CCCC[Si](O)(CCCC)CCCC.CCO.CCO.CCO.[Ti]. The fourth-order valence-electron chi connectivity index (χ4n) is 1.89. The van der Waals surface area contributed by atoms with Gasteiger partial charge in [0.1, 0.15) is 0 Å². The molecule has 0 unspecified atom stereocenters. The van der Waals surface area contributed by atoms with Gasteiger partial charge in [0.25, 0.3) is 0 Å². The molecule has 0 aliphatic heterocycles. The Kier molecular flexibility index (Phi) is 52.2. The third-order valence-electron chi connectivity index (χ3n) is 2.99. The van der Waals surface area contributed by atoms with E-state index in [1.807, 2.05) is 0 Å². The van der Waals surface area contributed by atoms with Crippen LogP contribution >= 0.6 is 0 Å². The van der Waals surface area contributed by atoms with Crippen LogP contribution in [0.2, 0.25) is 18.1 Å². The molecule has 0 heterocycles. The van der Waals surface area contributed by atoms with E-state index < -0.39 is 8.32 Å². The molecule has 0 bridgehead atoms. The Balaban J connectivity index is -0.000000100. The van der Waals surface area contributed by atoms with Gasteiger partial charge in [-0.3, -0.25) is 0 Å². The van der Waals surface area contributed by atoms with E-state index in [4.69, 9.17) is 15.3 Å². The summed E-state index contributed by atoms with van der Waals surface area (Å²) in [6.07, 6.45) is 7.39. The summed E-state index contributed by atoms with van der Waals surface area (Å²) in [5.74, 6) is 0. The summed E-state index contributed by atoms with van der Waals surface area (Å²) in [6.45, 7) is 12.4. The van der Waals surface area contributed by atoms with Crippen molar-refractivity contribution in [3.8, 4) is 0 Å². The van der Waals surface area contributed by atoms with Gasteiger partial charge < -0.3 is 20.1 Å². The maximum atomic E-state index is 10.5. The van der Waals surface area contributed by atoms with Crippen molar-refractivity contribution in [1.29, 1.82) is 0 Å². The topological polar surface area (TPSA) is 80.9 Å². The fourth-order valence-corrected chi connectivity index (χ4v) is 5.68. The smallest absolute Gasteiger partial charge is 0.188 e. The molecule has 0 aromatic rings. The predicted octanol–water partition coefficient (Wildman–Crippen LogP) is 4.32. The van der Waals surface area contributed by atoms with Crippen LogP contribution in [0.1, 0.15) is 80.1 Å². The molecule has 6 heteroatoms. The van der Waals surface area contributed by atoms with Gasteiger partial charge in [0.2, 0.25) is 0 Å². The van der Waals surface area contributed by atoms with Gasteiger partial charge in [0.15, 0.2) is 8.32 Å². The van der Waals surface area contributed by atoms with Gasteiger partial charge in [-0.25, -0.2) is 0 Å². The first-order valence-corrected chi connectivity index (χ1v) is 12.0. The Morgan fingerprint density at radius 1 is 0.542 bits per heavy atom. The number of rotatable bonds is 9. The first kappa shape index (κ1) is 35.8. The zero-order chi connectivity index (χ0) is 19.0. The van der Waals surface area contributed by atoms with Gasteiger partial charge in [-0.1, -0.05) is 59.3 Å². The minimum absolute atomic E-state index is 0. The molecule has 0 aliphatic carbocycles. The molecular weight excluding hydrogens is 356 g/mol. The summed E-state index contributed by atoms with van der Waals surface area (Å²) in [7, 11) is -1.81. The summed E-state index contributed by atoms with van der Waals surface area (Å²) >= 11 is 0. The molecule has 0 aromatic carbocycles. The molecule has 4 nitrogen and oxygen atoms in total. The second-order valence-electron chi connectivity index (χ2n) is 5.48. The molecule has 0 aromatic heterocycles. The molecule has 24 heavy (non-hydrogen) atoms. The first-order chi connectivity index (χ1) is 10.9. The summed E-state index contributed by atoms with van der Waals surface area (Å²) in [5.41, 5.74) is 0. The molecule has 0 radical (unpaired) electrons. The number of hydrogen-bond donors (Lipinski definition) is 4. The molecule has 0 spiro atoms. The van der Waals surface area contributed by atoms with Crippen LogP contribution in [0.4, 0.5) is 0 Å². The number of hydrogen-bond acceptors (Lipinski definition) is 4. The molecule has 0 rings (SSSR count). The first-order valence-electron chi connectivity index (χ1n) is 9.48. The third-order valence-corrected chi connectivity index (χ3v) is 6.84. The molecule has 0 atom stereocenters. The largest absolute Gasteiger partial charge is 0.432 e. The second kappa shape index (κ2) is 35.0. The van der Waals surface area contributed by atoms with E-state index in [0.717, 1.165) is 18.1 Å². The minimum atomic E-state index is -1.81. The van der Waals surface area contributed by atoms with Crippen molar-refractivity contribution in [3.05, 3.63) is 0 Å². The van der Waals surface area contributed by atoms with E-state index in [2.05, 4.69) is 20.8 Å². The Bertz CT molecular complexity index is 149. The van der Waals surface area contributed by atoms with E-state index in [1.54, 1.807) is 20.8 Å². The number of aliphatic hydroxyl groups excluding tert-OH is 3. The van der Waals surface area contributed by atoms with Gasteiger partial charge in [0.05, 0.1) is 0 Å². The molecule has 0 fully saturated rings. The van der Waals surface area contributed by atoms with Crippen LogP contribution in [0.5, 0.6) is 0 Å². The Hall–Kier alpha value is 0.771. The summed E-state index contributed by atoms with van der Waals surface area (Å²) in [4.78, 5) is 10.5. The van der Waals surface area contributed by atoms with Gasteiger partial charge in [-0.2, -0.15) is 0 Å². The predicted molar refractivity (Wildman–Crippen MR) is 105 cm³/mol. The van der Waals surface area contributed by atoms with Gasteiger partial charge in [-0.15, -0.1) is 0 Å². The summed E-state index contributed by atoms with van der Waals surface area (Å²) in [6, 6.07) is 3.43. The molecule has 0 amide bonds. The van der Waals surface area contributed by atoms with Crippen LogP contribution in [0.3, 0.4) is 0 Å². The van der Waals surface area contributed by atoms with E-state index in [1.165, 1.54) is 38.5 Å². The van der Waals surface area contributed by atoms with Crippen LogP contribution < -0.4 is 0 Å². The van der Waals surface area contributed by atoms with E-state index in [9.17, 15) is 4.80 Å². The second-order valence-corrected chi connectivity index (χ2v) is 9.43. The van der Waals surface area contributed by atoms with E-state index in [0.29, 0.717) is 0 Å². The van der Waals surface area contributed by atoms with Crippen molar-refractivity contribution in [1.82, 2.24) is 0 Å². The van der Waals surface area contributed by atoms with Crippen molar-refractivity contribution in [2.45, 2.75) is 98.2 Å². The fraction of sp³-hybridized carbons (Fsp3) is 1.00. The van der Waals surface area contributed by atoms with E-state index in [-0.39, 0.29) is 41.5 Å². The van der Waals surface area contributed by atoms with Crippen molar-refractivity contribution in [3.63, 3.8) is 0 Å². The minimum Gasteiger partial charge on any atom is -0.432 e. The summed E-state index contributed by atoms with van der Waals surface area (Å²) in [5, 5.41) is 22.7. The normalized spacial score (nSPS) is 9.25. The maximum absolute atomic E-state index is 10.5. The van der Waals surface area contributed by atoms with Crippen LogP contribution in [-0.2, 0) is 21.7 Å². The average Bonchev–Trinajstić information content (AvgIpc) is 2.52. The van der Waals surface area contributed by atoms with Crippen LogP contribution in [0.15, 0.2) is 0 Å². The standard InChI is InChI=1S/C12H28OSi.3C2H6O.Ti/c1-4-7-10-14(13,11-8-5-2)12-9-6-3;3*1-2-3;/h13H,4-12H2,1-3H3;3*3H,2H2,1H3;. The van der Waals surface area contributed by atoms with Crippen LogP contribution in [-0.4, -0.2) is 48.3 Å². The molecule has 0 aliphatic rings. The molecule has 150 valence electrons. The molecule has 4 N–H and O–H groups in total. The monoisotopic (exact) mass is 402 g/mol. The molecule has 0 saturated carbocycles. The van der Waals surface area contributed by atoms with Crippen LogP contribution in [0, 0.1) is 0 Å². The van der Waals surface area contributed by atoms with Crippen molar-refractivity contribution < 1.29 is 41.8 Å². The number of aliphatic hydroxyl groups is 3. The Morgan fingerprint density at radius 2 is 0.708 bits per heavy atom. The van der Waals surface area contributed by atoms with Crippen molar-refractivity contribution in [2.75, 3.05) is 19.8 Å². The Morgan fingerprint density at radius 3 is 0.833 bits per heavy atom. The third kappa shape index (κ3) is 43.4. The zero-order valence-electron chi connectivity index (χ0n) is 17.3. The quantitative estimate of drug-likeness (QED) is 0.433. The van der Waals surface area contributed by atoms with Crippen molar-refractivity contribution >= 4 is 8.32 Å². The average molecular weight is 403 g/mol. The maximum Gasteiger partial charge on any atom is 0.188 e.